The van der Waals surface area contributed by atoms with Crippen LogP contribution in [0.4, 0.5) is 15.8 Å². The SMILES string of the molecule is Nc1cc(S(=O)(=O)Nc2cccc(F)c2)ccc1Cl. The summed E-state index contributed by atoms with van der Waals surface area (Å²) in [5, 5.41) is 0.268. The summed E-state index contributed by atoms with van der Waals surface area (Å²) < 4.78 is 39.3. The summed E-state index contributed by atoms with van der Waals surface area (Å²) in [5.74, 6) is -0.532. The molecular formula is C12H10ClFN2O2S. The predicted molar refractivity (Wildman–Crippen MR) is 73.1 cm³/mol. The van der Waals surface area contributed by atoms with E-state index in [2.05, 4.69) is 4.72 Å². The summed E-state index contributed by atoms with van der Waals surface area (Å²) in [7, 11) is -3.82. The smallest absolute Gasteiger partial charge is 0.261 e. The quantitative estimate of drug-likeness (QED) is 0.856. The lowest BCUT2D eigenvalue weighted by molar-refractivity contribution is 0.601. The summed E-state index contributed by atoms with van der Waals surface area (Å²) in [6.45, 7) is 0. The Morgan fingerprint density at radius 3 is 2.53 bits per heavy atom. The summed E-state index contributed by atoms with van der Waals surface area (Å²) >= 11 is 5.72. The van der Waals surface area contributed by atoms with Gasteiger partial charge in [-0.2, -0.15) is 0 Å². The van der Waals surface area contributed by atoms with Gasteiger partial charge in [0.2, 0.25) is 0 Å². The van der Waals surface area contributed by atoms with E-state index < -0.39 is 15.8 Å². The number of hydrogen-bond donors (Lipinski definition) is 2. The van der Waals surface area contributed by atoms with Crippen molar-refractivity contribution >= 4 is 33.0 Å². The van der Waals surface area contributed by atoms with Gasteiger partial charge < -0.3 is 5.73 Å². The summed E-state index contributed by atoms with van der Waals surface area (Å²) in [4.78, 5) is -0.0429. The van der Waals surface area contributed by atoms with Crippen molar-refractivity contribution in [1.82, 2.24) is 0 Å². The van der Waals surface area contributed by atoms with Crippen LogP contribution >= 0.6 is 11.6 Å². The van der Waals surface area contributed by atoms with Crippen LogP contribution in [-0.2, 0) is 10.0 Å². The number of nitrogen functional groups attached to an aromatic ring is 1. The van der Waals surface area contributed by atoms with Gasteiger partial charge in [0, 0.05) is 0 Å². The molecule has 19 heavy (non-hydrogen) atoms. The first kappa shape index (κ1) is 13.6. The van der Waals surface area contributed by atoms with Crippen molar-refractivity contribution in [2.24, 2.45) is 0 Å². The van der Waals surface area contributed by atoms with Crippen LogP contribution in [0.1, 0.15) is 0 Å². The second-order valence-corrected chi connectivity index (χ2v) is 5.89. The standard InChI is InChI=1S/C12H10ClFN2O2S/c13-11-5-4-10(7-12(11)15)19(17,18)16-9-3-1-2-8(14)6-9/h1-7,16H,15H2. The van der Waals surface area contributed by atoms with Crippen LogP contribution in [0.2, 0.25) is 5.02 Å². The average Bonchev–Trinajstić information content (AvgIpc) is 2.32. The fourth-order valence-corrected chi connectivity index (χ4v) is 2.66. The van der Waals surface area contributed by atoms with Gasteiger partial charge in [0.15, 0.2) is 0 Å². The molecule has 0 bridgehead atoms. The zero-order valence-electron chi connectivity index (χ0n) is 9.60. The molecule has 2 aromatic carbocycles. The molecule has 0 aliphatic heterocycles. The summed E-state index contributed by atoms with van der Waals surface area (Å²) in [5.41, 5.74) is 5.84. The lowest BCUT2D eigenvalue weighted by Crippen LogP contribution is -2.13. The van der Waals surface area contributed by atoms with E-state index in [4.69, 9.17) is 17.3 Å². The van der Waals surface area contributed by atoms with Gasteiger partial charge in [-0.1, -0.05) is 17.7 Å². The number of nitrogens with two attached hydrogens (primary N) is 1. The van der Waals surface area contributed by atoms with E-state index >= 15 is 0 Å². The van der Waals surface area contributed by atoms with E-state index in [-0.39, 0.29) is 21.3 Å². The van der Waals surface area contributed by atoms with E-state index in [1.54, 1.807) is 0 Å². The first-order valence-corrected chi connectivity index (χ1v) is 7.08. The Labute approximate surface area is 115 Å². The fourth-order valence-electron chi connectivity index (χ4n) is 1.46. The summed E-state index contributed by atoms with van der Waals surface area (Å²) in [6.07, 6.45) is 0. The zero-order valence-corrected chi connectivity index (χ0v) is 11.2. The largest absolute Gasteiger partial charge is 0.397 e. The van der Waals surface area contributed by atoms with Crippen molar-refractivity contribution in [3.8, 4) is 0 Å². The fraction of sp³-hybridized carbons (Fsp3) is 0. The van der Waals surface area contributed by atoms with Gasteiger partial charge in [-0.25, -0.2) is 12.8 Å². The van der Waals surface area contributed by atoms with E-state index in [0.717, 1.165) is 6.07 Å². The molecule has 0 aliphatic carbocycles. The van der Waals surface area contributed by atoms with Crippen molar-refractivity contribution in [3.63, 3.8) is 0 Å². The number of hydrogen-bond acceptors (Lipinski definition) is 3. The van der Waals surface area contributed by atoms with Crippen LogP contribution in [-0.4, -0.2) is 8.42 Å². The number of benzene rings is 2. The molecule has 0 radical (unpaired) electrons. The minimum absolute atomic E-state index is 0.0429. The number of sulfonamides is 1. The van der Waals surface area contributed by atoms with Gasteiger partial charge >= 0.3 is 0 Å². The molecule has 3 N–H and O–H groups in total. The highest BCUT2D eigenvalue weighted by Crippen LogP contribution is 2.24. The Bertz CT molecular complexity index is 719. The van der Waals surface area contributed by atoms with Crippen molar-refractivity contribution in [3.05, 3.63) is 53.3 Å². The van der Waals surface area contributed by atoms with Gasteiger partial charge in [-0.15, -0.1) is 0 Å². The molecule has 0 amide bonds. The first-order valence-electron chi connectivity index (χ1n) is 5.22. The number of halogens is 2. The van der Waals surface area contributed by atoms with Crippen LogP contribution in [0.25, 0.3) is 0 Å². The van der Waals surface area contributed by atoms with Gasteiger partial charge in [-0.3, -0.25) is 4.72 Å². The molecule has 4 nitrogen and oxygen atoms in total. The lowest BCUT2D eigenvalue weighted by Gasteiger charge is -2.09. The molecule has 0 saturated carbocycles. The second kappa shape index (κ2) is 5.07. The predicted octanol–water partition coefficient (Wildman–Crippen LogP) is 2.86. The van der Waals surface area contributed by atoms with E-state index in [0.29, 0.717) is 0 Å². The molecular weight excluding hydrogens is 291 g/mol. The first-order chi connectivity index (χ1) is 8.88. The molecule has 0 heterocycles. The average molecular weight is 301 g/mol. The zero-order chi connectivity index (χ0) is 14.0. The highest BCUT2D eigenvalue weighted by Gasteiger charge is 2.15. The normalized spacial score (nSPS) is 11.3. The van der Waals surface area contributed by atoms with Crippen LogP contribution in [0.5, 0.6) is 0 Å². The van der Waals surface area contributed by atoms with E-state index in [1.807, 2.05) is 0 Å². The number of nitrogens with one attached hydrogen (secondary N) is 1. The van der Waals surface area contributed by atoms with Crippen LogP contribution < -0.4 is 10.5 Å². The van der Waals surface area contributed by atoms with Crippen LogP contribution in [0.15, 0.2) is 47.4 Å². The molecule has 0 unspecified atom stereocenters. The van der Waals surface area contributed by atoms with Crippen LogP contribution in [0, 0.1) is 5.82 Å². The molecule has 2 aromatic rings. The topological polar surface area (TPSA) is 72.2 Å². The minimum atomic E-state index is -3.82. The summed E-state index contributed by atoms with van der Waals surface area (Å²) in [6, 6.07) is 9.10. The number of anilines is 2. The Morgan fingerprint density at radius 2 is 1.89 bits per heavy atom. The highest BCUT2D eigenvalue weighted by atomic mass is 35.5. The van der Waals surface area contributed by atoms with Crippen molar-refractivity contribution in [2.75, 3.05) is 10.5 Å². The second-order valence-electron chi connectivity index (χ2n) is 3.80. The van der Waals surface area contributed by atoms with Crippen molar-refractivity contribution in [2.45, 2.75) is 4.90 Å². The van der Waals surface area contributed by atoms with Crippen LogP contribution in [0.3, 0.4) is 0 Å². The van der Waals surface area contributed by atoms with Crippen molar-refractivity contribution < 1.29 is 12.8 Å². The molecule has 2 rings (SSSR count). The Balaban J connectivity index is 2.35. The molecule has 0 aliphatic rings. The Hall–Kier alpha value is -1.79. The molecule has 100 valence electrons. The maximum atomic E-state index is 13.0. The number of rotatable bonds is 3. The van der Waals surface area contributed by atoms with Gasteiger partial charge in [0.25, 0.3) is 10.0 Å². The monoisotopic (exact) mass is 300 g/mol. The maximum Gasteiger partial charge on any atom is 0.261 e. The highest BCUT2D eigenvalue weighted by molar-refractivity contribution is 7.92. The molecule has 0 fully saturated rings. The third-order valence-electron chi connectivity index (χ3n) is 2.35. The minimum Gasteiger partial charge on any atom is -0.397 e. The lowest BCUT2D eigenvalue weighted by atomic mass is 10.3. The Kier molecular flexibility index (Phi) is 3.64. The van der Waals surface area contributed by atoms with Gasteiger partial charge in [-0.05, 0) is 36.4 Å². The van der Waals surface area contributed by atoms with Gasteiger partial charge in [0.05, 0.1) is 21.3 Å². The van der Waals surface area contributed by atoms with Gasteiger partial charge in [0.1, 0.15) is 5.82 Å². The molecule has 0 saturated heterocycles. The van der Waals surface area contributed by atoms with E-state index in [1.165, 1.54) is 36.4 Å². The van der Waals surface area contributed by atoms with E-state index in [9.17, 15) is 12.8 Å². The Morgan fingerprint density at radius 1 is 1.16 bits per heavy atom. The molecule has 0 aromatic heterocycles. The third-order valence-corrected chi connectivity index (χ3v) is 4.08. The third kappa shape index (κ3) is 3.15. The molecule has 7 heteroatoms. The molecule has 0 atom stereocenters. The maximum absolute atomic E-state index is 13.0. The van der Waals surface area contributed by atoms with Crippen molar-refractivity contribution in [1.29, 1.82) is 0 Å². The molecule has 0 spiro atoms.